The average molecular weight is 345 g/mol. The van der Waals surface area contributed by atoms with Gasteiger partial charge in [0.15, 0.2) is 6.61 Å². The highest BCUT2D eigenvalue weighted by Gasteiger charge is 2.08. The van der Waals surface area contributed by atoms with Crippen LogP contribution in [-0.2, 0) is 9.53 Å². The van der Waals surface area contributed by atoms with Crippen LogP contribution in [0.2, 0.25) is 0 Å². The van der Waals surface area contributed by atoms with E-state index in [-0.39, 0.29) is 18.3 Å². The molecule has 0 fully saturated rings. The van der Waals surface area contributed by atoms with Crippen molar-refractivity contribution in [2.75, 3.05) is 18.5 Å². The molecule has 0 aliphatic rings. The summed E-state index contributed by atoms with van der Waals surface area (Å²) in [6.07, 6.45) is 1.78. The first-order valence-electron chi connectivity index (χ1n) is 8.04. The highest BCUT2D eigenvalue weighted by Crippen LogP contribution is 2.15. The lowest BCUT2D eigenvalue weighted by atomic mass is 10.2. The van der Waals surface area contributed by atoms with Gasteiger partial charge in [0, 0.05) is 11.3 Å². The van der Waals surface area contributed by atoms with E-state index >= 15 is 0 Å². The van der Waals surface area contributed by atoms with Crippen LogP contribution in [0.5, 0.6) is 5.75 Å². The van der Waals surface area contributed by atoms with Gasteiger partial charge in [0.2, 0.25) is 0 Å². The molecule has 0 aromatic heterocycles. The van der Waals surface area contributed by atoms with Crippen LogP contribution in [0, 0.1) is 5.82 Å². The molecule has 0 spiro atoms. The molecule has 0 unspecified atom stereocenters. The van der Waals surface area contributed by atoms with E-state index in [2.05, 4.69) is 5.32 Å². The zero-order valence-electron chi connectivity index (χ0n) is 14.0. The van der Waals surface area contributed by atoms with Gasteiger partial charge < -0.3 is 14.8 Å². The summed E-state index contributed by atoms with van der Waals surface area (Å²) in [6.45, 7) is 2.23. The van der Waals surface area contributed by atoms with Crippen molar-refractivity contribution < 1.29 is 23.5 Å². The Morgan fingerprint density at radius 1 is 1.04 bits per heavy atom. The van der Waals surface area contributed by atoms with E-state index in [1.54, 1.807) is 24.3 Å². The third-order valence-corrected chi connectivity index (χ3v) is 3.34. The SMILES string of the molecule is CCCCOC(=O)COc1ccc(C(=O)Nc2ccc(F)cc2)cc1. The Morgan fingerprint density at radius 2 is 1.72 bits per heavy atom. The van der Waals surface area contributed by atoms with Crippen LogP contribution >= 0.6 is 0 Å². The number of halogens is 1. The van der Waals surface area contributed by atoms with E-state index in [1.165, 1.54) is 24.3 Å². The quantitative estimate of drug-likeness (QED) is 0.584. The molecule has 0 radical (unpaired) electrons. The summed E-state index contributed by atoms with van der Waals surface area (Å²) < 4.78 is 23.2. The van der Waals surface area contributed by atoms with Crippen molar-refractivity contribution in [2.45, 2.75) is 19.8 Å². The lowest BCUT2D eigenvalue weighted by Crippen LogP contribution is -2.15. The minimum absolute atomic E-state index is 0.176. The number of unbranched alkanes of at least 4 members (excludes halogenated alkanes) is 1. The first-order valence-corrected chi connectivity index (χ1v) is 8.04. The average Bonchev–Trinajstić information content (AvgIpc) is 2.62. The molecule has 5 nitrogen and oxygen atoms in total. The number of carbonyl (C=O) groups excluding carboxylic acids is 2. The smallest absolute Gasteiger partial charge is 0.344 e. The minimum Gasteiger partial charge on any atom is -0.482 e. The number of carbonyl (C=O) groups is 2. The Labute approximate surface area is 145 Å². The molecule has 0 bridgehead atoms. The van der Waals surface area contributed by atoms with Crippen LogP contribution < -0.4 is 10.1 Å². The summed E-state index contributed by atoms with van der Waals surface area (Å²) in [5.74, 6) is -0.651. The minimum atomic E-state index is -0.424. The van der Waals surface area contributed by atoms with Gasteiger partial charge in [-0.2, -0.15) is 0 Å². The van der Waals surface area contributed by atoms with Gasteiger partial charge in [0.1, 0.15) is 11.6 Å². The lowest BCUT2D eigenvalue weighted by molar-refractivity contribution is -0.146. The second-order valence-electron chi connectivity index (χ2n) is 5.35. The maximum atomic E-state index is 12.8. The zero-order chi connectivity index (χ0) is 18.1. The molecule has 0 aliphatic heterocycles. The lowest BCUT2D eigenvalue weighted by Gasteiger charge is -2.08. The Hall–Kier alpha value is -2.89. The van der Waals surface area contributed by atoms with Gasteiger partial charge in [-0.3, -0.25) is 4.79 Å². The number of hydrogen-bond donors (Lipinski definition) is 1. The monoisotopic (exact) mass is 345 g/mol. The summed E-state index contributed by atoms with van der Waals surface area (Å²) in [4.78, 5) is 23.6. The fourth-order valence-electron chi connectivity index (χ4n) is 1.95. The van der Waals surface area contributed by atoms with Gasteiger partial charge in [0.25, 0.3) is 5.91 Å². The van der Waals surface area contributed by atoms with E-state index in [0.29, 0.717) is 23.6 Å². The number of nitrogens with one attached hydrogen (secondary N) is 1. The van der Waals surface area contributed by atoms with Gasteiger partial charge in [-0.25, -0.2) is 9.18 Å². The maximum Gasteiger partial charge on any atom is 0.344 e. The molecule has 132 valence electrons. The first-order chi connectivity index (χ1) is 12.1. The van der Waals surface area contributed by atoms with Crippen molar-refractivity contribution in [1.29, 1.82) is 0 Å². The van der Waals surface area contributed by atoms with E-state index in [9.17, 15) is 14.0 Å². The van der Waals surface area contributed by atoms with Crippen molar-refractivity contribution in [2.24, 2.45) is 0 Å². The highest BCUT2D eigenvalue weighted by molar-refractivity contribution is 6.04. The molecule has 6 heteroatoms. The van der Waals surface area contributed by atoms with E-state index in [4.69, 9.17) is 9.47 Å². The molecule has 0 heterocycles. The van der Waals surface area contributed by atoms with E-state index in [1.807, 2.05) is 6.92 Å². The third-order valence-electron chi connectivity index (χ3n) is 3.34. The topological polar surface area (TPSA) is 64.6 Å². The summed E-state index contributed by atoms with van der Waals surface area (Å²) in [5.41, 5.74) is 0.920. The van der Waals surface area contributed by atoms with Gasteiger partial charge in [-0.15, -0.1) is 0 Å². The molecule has 25 heavy (non-hydrogen) atoms. The third kappa shape index (κ3) is 6.25. The van der Waals surface area contributed by atoms with Gasteiger partial charge >= 0.3 is 5.97 Å². The van der Waals surface area contributed by atoms with Crippen molar-refractivity contribution in [1.82, 2.24) is 0 Å². The predicted molar refractivity (Wildman–Crippen MR) is 92.2 cm³/mol. The summed E-state index contributed by atoms with van der Waals surface area (Å²) in [6, 6.07) is 11.9. The Morgan fingerprint density at radius 3 is 2.36 bits per heavy atom. The number of ether oxygens (including phenoxy) is 2. The Kier molecular flexibility index (Phi) is 6.95. The standard InChI is InChI=1S/C19H20FNO4/c1-2-3-12-24-18(22)13-25-17-10-4-14(5-11-17)19(23)21-16-8-6-15(20)7-9-16/h4-11H,2-3,12-13H2,1H3,(H,21,23). The number of esters is 1. The van der Waals surface area contributed by atoms with Crippen LogP contribution in [0.1, 0.15) is 30.1 Å². The molecular weight excluding hydrogens is 325 g/mol. The summed E-state index contributed by atoms with van der Waals surface area (Å²) in [5, 5.41) is 2.66. The number of anilines is 1. The normalized spacial score (nSPS) is 10.2. The Bertz CT molecular complexity index is 698. The molecule has 1 amide bonds. The maximum absolute atomic E-state index is 12.8. The highest BCUT2D eigenvalue weighted by atomic mass is 19.1. The molecular formula is C19H20FNO4. The van der Waals surface area contributed by atoms with Crippen molar-refractivity contribution in [3.63, 3.8) is 0 Å². The molecule has 2 aromatic rings. The molecule has 2 rings (SSSR count). The molecule has 2 aromatic carbocycles. The van der Waals surface area contributed by atoms with Crippen LogP contribution in [0.4, 0.5) is 10.1 Å². The predicted octanol–water partition coefficient (Wildman–Crippen LogP) is 3.80. The molecule has 0 saturated carbocycles. The second-order valence-corrected chi connectivity index (χ2v) is 5.35. The van der Waals surface area contributed by atoms with Gasteiger partial charge in [-0.05, 0) is 55.0 Å². The van der Waals surface area contributed by atoms with Crippen LogP contribution in [0.15, 0.2) is 48.5 Å². The van der Waals surface area contributed by atoms with Gasteiger partial charge in [-0.1, -0.05) is 13.3 Å². The summed E-state index contributed by atoms with van der Waals surface area (Å²) >= 11 is 0. The van der Waals surface area contributed by atoms with E-state index < -0.39 is 5.97 Å². The second kappa shape index (κ2) is 9.42. The van der Waals surface area contributed by atoms with Gasteiger partial charge in [0.05, 0.1) is 6.61 Å². The number of hydrogen-bond acceptors (Lipinski definition) is 4. The first kappa shape index (κ1) is 18.4. The zero-order valence-corrected chi connectivity index (χ0v) is 14.0. The fourth-order valence-corrected chi connectivity index (χ4v) is 1.95. The summed E-state index contributed by atoms with van der Waals surface area (Å²) in [7, 11) is 0. The number of amides is 1. The molecule has 0 saturated heterocycles. The molecule has 0 aliphatic carbocycles. The largest absolute Gasteiger partial charge is 0.482 e. The molecule has 0 atom stereocenters. The van der Waals surface area contributed by atoms with Crippen LogP contribution in [0.3, 0.4) is 0 Å². The number of benzene rings is 2. The van der Waals surface area contributed by atoms with E-state index in [0.717, 1.165) is 12.8 Å². The van der Waals surface area contributed by atoms with Crippen molar-refractivity contribution in [3.8, 4) is 5.75 Å². The van der Waals surface area contributed by atoms with Crippen molar-refractivity contribution in [3.05, 3.63) is 59.9 Å². The van der Waals surface area contributed by atoms with Crippen LogP contribution in [0.25, 0.3) is 0 Å². The molecule has 1 N–H and O–H groups in total. The van der Waals surface area contributed by atoms with Crippen LogP contribution in [-0.4, -0.2) is 25.1 Å². The van der Waals surface area contributed by atoms with Crippen molar-refractivity contribution >= 4 is 17.6 Å². The number of rotatable bonds is 8. The Balaban J connectivity index is 1.83. The fraction of sp³-hybridized carbons (Fsp3) is 0.263.